The molecule has 0 radical (unpaired) electrons. The van der Waals surface area contributed by atoms with Gasteiger partial charge in [-0.2, -0.15) is 0 Å². The van der Waals surface area contributed by atoms with Crippen LogP contribution < -0.4 is 15.4 Å². The summed E-state index contributed by atoms with van der Waals surface area (Å²) in [5, 5.41) is 15.1. The molecule has 0 aromatic heterocycles. The van der Waals surface area contributed by atoms with Crippen LogP contribution in [0.2, 0.25) is 0 Å². The van der Waals surface area contributed by atoms with E-state index in [4.69, 9.17) is 4.74 Å². The van der Waals surface area contributed by atoms with Gasteiger partial charge in [-0.25, -0.2) is 0 Å². The second kappa shape index (κ2) is 11.3. The van der Waals surface area contributed by atoms with E-state index in [9.17, 15) is 19.5 Å². The third-order valence-electron chi connectivity index (χ3n) is 4.98. The number of para-hydroxylation sites is 1. The minimum absolute atomic E-state index is 0.165. The summed E-state index contributed by atoms with van der Waals surface area (Å²) in [5.74, 6) is -1.22. The predicted octanol–water partition coefficient (Wildman–Crippen LogP) is 2.75. The summed E-state index contributed by atoms with van der Waals surface area (Å²) in [4.78, 5) is 35.9. The number of aliphatic carboxylic acids is 1. The number of carboxylic acid groups (broad SMARTS) is 1. The number of rotatable bonds is 9. The Balaban J connectivity index is 1.76. The molecule has 1 aromatic carbocycles. The van der Waals surface area contributed by atoms with Crippen LogP contribution >= 0.6 is 0 Å². The molecule has 1 saturated carbocycles. The van der Waals surface area contributed by atoms with Crippen molar-refractivity contribution in [3.63, 3.8) is 0 Å². The van der Waals surface area contributed by atoms with Crippen molar-refractivity contribution in [3.8, 4) is 5.75 Å². The molecular weight excluding hydrogens is 360 g/mol. The first-order valence-electron chi connectivity index (χ1n) is 10.0. The van der Waals surface area contributed by atoms with Gasteiger partial charge in [0.1, 0.15) is 5.75 Å². The Kier molecular flexibility index (Phi) is 8.78. The molecule has 0 bridgehead atoms. The van der Waals surface area contributed by atoms with E-state index in [1.165, 1.54) is 0 Å². The van der Waals surface area contributed by atoms with E-state index in [0.717, 1.165) is 19.3 Å². The van der Waals surface area contributed by atoms with Crippen molar-refractivity contribution in [2.45, 2.75) is 57.9 Å². The number of carbonyl (C=O) groups is 3. The average molecular weight is 390 g/mol. The molecule has 0 aliphatic heterocycles. The van der Waals surface area contributed by atoms with Crippen LogP contribution in [0.5, 0.6) is 5.75 Å². The van der Waals surface area contributed by atoms with Crippen LogP contribution in [0.15, 0.2) is 24.3 Å². The maximum Gasteiger partial charge on any atom is 0.308 e. The normalized spacial score (nSPS) is 19.3. The molecule has 3 N–H and O–H groups in total. The number of hydrogen-bond acceptors (Lipinski definition) is 4. The number of nitrogens with one attached hydrogen (secondary N) is 2. The molecule has 1 aliphatic rings. The molecule has 154 valence electrons. The van der Waals surface area contributed by atoms with E-state index in [1.54, 1.807) is 18.2 Å². The first kappa shape index (κ1) is 21.7. The molecule has 7 nitrogen and oxygen atoms in total. The second-order valence-electron chi connectivity index (χ2n) is 7.05. The van der Waals surface area contributed by atoms with E-state index < -0.39 is 11.9 Å². The molecule has 2 amide bonds. The monoisotopic (exact) mass is 390 g/mol. The third kappa shape index (κ3) is 6.55. The lowest BCUT2D eigenvalue weighted by Crippen LogP contribution is -2.43. The lowest BCUT2D eigenvalue weighted by molar-refractivity contribution is -0.143. The molecule has 1 fully saturated rings. The summed E-state index contributed by atoms with van der Waals surface area (Å²) in [6.45, 7) is 2.69. The largest absolute Gasteiger partial charge is 0.493 e. The molecule has 7 heteroatoms. The van der Waals surface area contributed by atoms with Gasteiger partial charge in [0.2, 0.25) is 5.91 Å². The van der Waals surface area contributed by atoms with Crippen LogP contribution in [-0.4, -0.2) is 42.1 Å². The highest BCUT2D eigenvalue weighted by atomic mass is 16.5. The van der Waals surface area contributed by atoms with Crippen LogP contribution in [0.4, 0.5) is 0 Å². The SMILES string of the molecule is CCOc1ccccc1C(=O)NCCCC(=O)N[C@H]1CCCCC[C@H]1C(=O)O. The lowest BCUT2D eigenvalue weighted by atomic mass is 9.94. The van der Waals surface area contributed by atoms with Crippen molar-refractivity contribution in [1.82, 2.24) is 10.6 Å². The Morgan fingerprint density at radius 2 is 1.89 bits per heavy atom. The maximum absolute atomic E-state index is 12.3. The van der Waals surface area contributed by atoms with Crippen LogP contribution in [0.1, 0.15) is 62.2 Å². The molecule has 0 heterocycles. The highest BCUT2D eigenvalue weighted by Crippen LogP contribution is 2.24. The minimum atomic E-state index is -0.840. The van der Waals surface area contributed by atoms with Crippen molar-refractivity contribution in [2.24, 2.45) is 5.92 Å². The van der Waals surface area contributed by atoms with Crippen molar-refractivity contribution in [3.05, 3.63) is 29.8 Å². The van der Waals surface area contributed by atoms with E-state index in [2.05, 4.69) is 10.6 Å². The number of carboxylic acids is 1. The number of amides is 2. The molecular formula is C21H30N2O5. The summed E-state index contributed by atoms with van der Waals surface area (Å²) in [6.07, 6.45) is 4.87. The molecule has 28 heavy (non-hydrogen) atoms. The molecule has 0 saturated heterocycles. The van der Waals surface area contributed by atoms with Gasteiger partial charge in [-0.05, 0) is 38.3 Å². The van der Waals surface area contributed by atoms with Gasteiger partial charge in [-0.1, -0.05) is 31.4 Å². The van der Waals surface area contributed by atoms with Gasteiger partial charge in [-0.15, -0.1) is 0 Å². The van der Waals surface area contributed by atoms with E-state index >= 15 is 0 Å². The van der Waals surface area contributed by atoms with Gasteiger partial charge in [0.15, 0.2) is 0 Å². The summed E-state index contributed by atoms with van der Waals surface area (Å²) >= 11 is 0. The third-order valence-corrected chi connectivity index (χ3v) is 4.98. The Morgan fingerprint density at radius 1 is 1.14 bits per heavy atom. The Bertz CT molecular complexity index is 677. The van der Waals surface area contributed by atoms with Gasteiger partial charge in [-0.3, -0.25) is 14.4 Å². The van der Waals surface area contributed by atoms with Crippen molar-refractivity contribution in [1.29, 1.82) is 0 Å². The van der Waals surface area contributed by atoms with Gasteiger partial charge in [0.25, 0.3) is 5.91 Å². The zero-order valence-electron chi connectivity index (χ0n) is 16.4. The fourth-order valence-electron chi connectivity index (χ4n) is 3.54. The summed E-state index contributed by atoms with van der Waals surface area (Å²) in [5.41, 5.74) is 0.469. The van der Waals surface area contributed by atoms with Crippen LogP contribution in [-0.2, 0) is 9.59 Å². The summed E-state index contributed by atoms with van der Waals surface area (Å²) < 4.78 is 5.45. The summed E-state index contributed by atoms with van der Waals surface area (Å²) in [7, 11) is 0. The Hall–Kier alpha value is -2.57. The highest BCUT2D eigenvalue weighted by Gasteiger charge is 2.30. The number of ether oxygens (including phenoxy) is 1. The van der Waals surface area contributed by atoms with Crippen molar-refractivity contribution in [2.75, 3.05) is 13.2 Å². The van der Waals surface area contributed by atoms with Gasteiger partial charge in [0, 0.05) is 19.0 Å². The number of carbonyl (C=O) groups excluding carboxylic acids is 2. The fourth-order valence-corrected chi connectivity index (χ4v) is 3.54. The van der Waals surface area contributed by atoms with E-state index in [0.29, 0.717) is 43.7 Å². The minimum Gasteiger partial charge on any atom is -0.493 e. The molecule has 2 rings (SSSR count). The Labute approximate surface area is 165 Å². The van der Waals surface area contributed by atoms with Gasteiger partial charge in [0.05, 0.1) is 18.1 Å². The van der Waals surface area contributed by atoms with Crippen LogP contribution in [0.3, 0.4) is 0 Å². The standard InChI is InChI=1S/C21H30N2O5/c1-2-28-18-12-7-6-10-16(18)20(25)22-14-8-13-19(24)23-17-11-5-3-4-9-15(17)21(26)27/h6-7,10,12,15,17H,2-5,8-9,11,13-14H2,1H3,(H,22,25)(H,23,24)(H,26,27)/t15-,17+/m1/s1. The highest BCUT2D eigenvalue weighted by molar-refractivity contribution is 5.96. The fraction of sp³-hybridized carbons (Fsp3) is 0.571. The number of hydrogen-bond donors (Lipinski definition) is 3. The lowest BCUT2D eigenvalue weighted by Gasteiger charge is -2.22. The topological polar surface area (TPSA) is 105 Å². The van der Waals surface area contributed by atoms with Crippen molar-refractivity contribution < 1.29 is 24.2 Å². The second-order valence-corrected chi connectivity index (χ2v) is 7.05. The zero-order valence-corrected chi connectivity index (χ0v) is 16.4. The molecule has 2 atom stereocenters. The first-order valence-corrected chi connectivity index (χ1v) is 10.0. The van der Waals surface area contributed by atoms with Gasteiger partial charge < -0.3 is 20.5 Å². The van der Waals surface area contributed by atoms with Crippen molar-refractivity contribution >= 4 is 17.8 Å². The first-order chi connectivity index (χ1) is 13.5. The predicted molar refractivity (Wildman–Crippen MR) is 105 cm³/mol. The molecule has 0 spiro atoms. The number of benzene rings is 1. The van der Waals surface area contributed by atoms with Crippen LogP contribution in [0, 0.1) is 5.92 Å². The van der Waals surface area contributed by atoms with E-state index in [1.807, 2.05) is 13.0 Å². The molecule has 0 unspecified atom stereocenters. The summed E-state index contributed by atoms with van der Waals surface area (Å²) in [6, 6.07) is 6.73. The molecule has 1 aromatic rings. The van der Waals surface area contributed by atoms with Crippen LogP contribution in [0.25, 0.3) is 0 Å². The smallest absolute Gasteiger partial charge is 0.308 e. The Morgan fingerprint density at radius 3 is 2.64 bits per heavy atom. The quantitative estimate of drug-likeness (QED) is 0.444. The van der Waals surface area contributed by atoms with E-state index in [-0.39, 0.29) is 24.3 Å². The molecule has 1 aliphatic carbocycles. The zero-order chi connectivity index (χ0) is 20.4. The van der Waals surface area contributed by atoms with Gasteiger partial charge >= 0.3 is 5.97 Å². The maximum atomic E-state index is 12.3. The average Bonchev–Trinajstić information content (AvgIpc) is 2.91.